The van der Waals surface area contributed by atoms with Gasteiger partial charge in [0.1, 0.15) is 0 Å². The van der Waals surface area contributed by atoms with Crippen molar-refractivity contribution >= 4 is 23.7 Å². The highest BCUT2D eigenvalue weighted by Crippen LogP contribution is 2.21. The predicted octanol–water partition coefficient (Wildman–Crippen LogP) is 2.00. The van der Waals surface area contributed by atoms with Gasteiger partial charge in [0.2, 0.25) is 11.7 Å². The smallest absolute Gasteiger partial charge is 0.241 e. The molecule has 2 aromatic heterocycles. The Kier molecular flexibility index (Phi) is 4.93. The van der Waals surface area contributed by atoms with Crippen molar-refractivity contribution in [3.63, 3.8) is 0 Å². The van der Waals surface area contributed by atoms with E-state index in [-0.39, 0.29) is 12.4 Å². The zero-order valence-electron chi connectivity index (χ0n) is 10.5. The van der Waals surface area contributed by atoms with Gasteiger partial charge in [0.25, 0.3) is 0 Å². The number of hydrogen-bond acceptors (Lipinski definition) is 6. The number of thiophene rings is 1. The van der Waals surface area contributed by atoms with Gasteiger partial charge in [0.15, 0.2) is 0 Å². The molecule has 0 amide bonds. The van der Waals surface area contributed by atoms with E-state index >= 15 is 0 Å². The summed E-state index contributed by atoms with van der Waals surface area (Å²) >= 11 is 1.63. The van der Waals surface area contributed by atoms with Gasteiger partial charge in [0, 0.05) is 17.5 Å². The second-order valence-corrected chi connectivity index (χ2v) is 5.43. The lowest BCUT2D eigenvalue weighted by Gasteiger charge is -2.11. The molecule has 104 valence electrons. The Balaban J connectivity index is 0.00000133. The van der Waals surface area contributed by atoms with Gasteiger partial charge in [-0.1, -0.05) is 5.16 Å². The maximum atomic E-state index is 5.68. The lowest BCUT2D eigenvalue weighted by Crippen LogP contribution is -2.22. The van der Waals surface area contributed by atoms with E-state index in [4.69, 9.17) is 10.3 Å². The fraction of sp³-hybridized carbons (Fsp3) is 0.500. The molecule has 0 spiro atoms. The summed E-state index contributed by atoms with van der Waals surface area (Å²) in [5.74, 6) is 1.99. The first-order valence-corrected chi connectivity index (χ1v) is 7.07. The molecule has 0 bridgehead atoms. The molecule has 1 aliphatic heterocycles. The maximum Gasteiger partial charge on any atom is 0.241 e. The van der Waals surface area contributed by atoms with Crippen LogP contribution in [-0.2, 0) is 6.54 Å². The maximum absolute atomic E-state index is 5.68. The normalized spacial score (nSPS) is 19.5. The standard InChI is InChI=1S/C12H16N4OS.ClH/c13-5-9-1-3-16(6-9)7-11-14-12(15-17-11)10-2-4-18-8-10;/h2,4,8-9H,1,3,5-7,13H2;1H. The fourth-order valence-corrected chi connectivity index (χ4v) is 2.90. The van der Waals surface area contributed by atoms with Crippen LogP contribution in [0.5, 0.6) is 0 Å². The van der Waals surface area contributed by atoms with E-state index in [1.807, 2.05) is 16.8 Å². The molecule has 7 heteroatoms. The van der Waals surface area contributed by atoms with Crippen LogP contribution in [0.1, 0.15) is 12.3 Å². The van der Waals surface area contributed by atoms with E-state index in [2.05, 4.69) is 15.0 Å². The van der Waals surface area contributed by atoms with E-state index in [1.54, 1.807) is 11.3 Å². The zero-order valence-corrected chi connectivity index (χ0v) is 12.1. The summed E-state index contributed by atoms with van der Waals surface area (Å²) in [7, 11) is 0. The molecule has 1 unspecified atom stereocenters. The highest BCUT2D eigenvalue weighted by atomic mass is 35.5. The Morgan fingerprint density at radius 3 is 3.11 bits per heavy atom. The number of hydrogen-bond donors (Lipinski definition) is 1. The highest BCUT2D eigenvalue weighted by Gasteiger charge is 2.23. The Labute approximate surface area is 122 Å². The fourth-order valence-electron chi connectivity index (χ4n) is 2.27. The minimum absolute atomic E-state index is 0. The molecule has 2 aromatic rings. The van der Waals surface area contributed by atoms with E-state index in [1.165, 1.54) is 6.42 Å². The monoisotopic (exact) mass is 300 g/mol. The van der Waals surface area contributed by atoms with Crippen LogP contribution >= 0.6 is 23.7 Å². The largest absolute Gasteiger partial charge is 0.338 e. The molecule has 0 aromatic carbocycles. The van der Waals surface area contributed by atoms with E-state index in [9.17, 15) is 0 Å². The molecule has 3 rings (SSSR count). The van der Waals surface area contributed by atoms with Crippen molar-refractivity contribution in [3.8, 4) is 11.4 Å². The first-order chi connectivity index (χ1) is 8.85. The van der Waals surface area contributed by atoms with Gasteiger partial charge in [-0.3, -0.25) is 4.90 Å². The van der Waals surface area contributed by atoms with Gasteiger partial charge in [-0.05, 0) is 36.9 Å². The van der Waals surface area contributed by atoms with Crippen LogP contribution in [-0.4, -0.2) is 34.7 Å². The molecular weight excluding hydrogens is 284 g/mol. The highest BCUT2D eigenvalue weighted by molar-refractivity contribution is 7.08. The van der Waals surface area contributed by atoms with E-state index in [0.717, 1.165) is 31.7 Å². The topological polar surface area (TPSA) is 68.2 Å². The van der Waals surface area contributed by atoms with Crippen molar-refractivity contribution < 1.29 is 4.52 Å². The van der Waals surface area contributed by atoms with Gasteiger partial charge >= 0.3 is 0 Å². The zero-order chi connectivity index (χ0) is 12.4. The van der Waals surface area contributed by atoms with Crippen LogP contribution in [0, 0.1) is 5.92 Å². The van der Waals surface area contributed by atoms with Gasteiger partial charge < -0.3 is 10.3 Å². The average Bonchev–Trinajstić information content (AvgIpc) is 3.10. The number of aromatic nitrogens is 2. The third kappa shape index (κ3) is 3.33. The average molecular weight is 301 g/mol. The number of nitrogens with zero attached hydrogens (tertiary/aromatic N) is 3. The van der Waals surface area contributed by atoms with E-state index in [0.29, 0.717) is 17.6 Å². The van der Waals surface area contributed by atoms with Crippen LogP contribution in [0.3, 0.4) is 0 Å². The van der Waals surface area contributed by atoms with Crippen LogP contribution in [0.15, 0.2) is 21.3 Å². The Morgan fingerprint density at radius 1 is 1.53 bits per heavy atom. The van der Waals surface area contributed by atoms with Crippen molar-refractivity contribution in [2.75, 3.05) is 19.6 Å². The molecule has 1 atom stereocenters. The number of halogens is 1. The molecule has 0 aliphatic carbocycles. The first-order valence-electron chi connectivity index (χ1n) is 6.12. The third-order valence-corrected chi connectivity index (χ3v) is 3.99. The summed E-state index contributed by atoms with van der Waals surface area (Å²) in [5.41, 5.74) is 6.71. The van der Waals surface area contributed by atoms with Gasteiger partial charge in [0.05, 0.1) is 6.54 Å². The molecular formula is C12H17ClN4OS. The van der Waals surface area contributed by atoms with Gasteiger partial charge in [-0.2, -0.15) is 16.3 Å². The van der Waals surface area contributed by atoms with Crippen molar-refractivity contribution in [1.29, 1.82) is 0 Å². The van der Waals surface area contributed by atoms with Crippen LogP contribution < -0.4 is 5.73 Å². The summed E-state index contributed by atoms with van der Waals surface area (Å²) in [6.45, 7) is 3.60. The molecule has 2 N–H and O–H groups in total. The first kappa shape index (κ1) is 14.5. The number of nitrogens with two attached hydrogens (primary N) is 1. The lowest BCUT2D eigenvalue weighted by atomic mass is 10.1. The Bertz CT molecular complexity index is 502. The molecule has 1 saturated heterocycles. The van der Waals surface area contributed by atoms with Gasteiger partial charge in [-0.25, -0.2) is 0 Å². The van der Waals surface area contributed by atoms with Crippen molar-refractivity contribution in [2.45, 2.75) is 13.0 Å². The minimum Gasteiger partial charge on any atom is -0.338 e. The predicted molar refractivity (Wildman–Crippen MR) is 77.3 cm³/mol. The van der Waals surface area contributed by atoms with E-state index < -0.39 is 0 Å². The quantitative estimate of drug-likeness (QED) is 0.935. The van der Waals surface area contributed by atoms with Gasteiger partial charge in [-0.15, -0.1) is 12.4 Å². The molecule has 0 saturated carbocycles. The van der Waals surface area contributed by atoms with Crippen molar-refractivity contribution in [2.24, 2.45) is 11.7 Å². The van der Waals surface area contributed by atoms with Crippen LogP contribution in [0.25, 0.3) is 11.4 Å². The van der Waals surface area contributed by atoms with Crippen molar-refractivity contribution in [1.82, 2.24) is 15.0 Å². The lowest BCUT2D eigenvalue weighted by molar-refractivity contribution is 0.261. The van der Waals surface area contributed by atoms with Crippen LogP contribution in [0.4, 0.5) is 0 Å². The molecule has 1 aliphatic rings. The molecule has 1 fully saturated rings. The molecule has 19 heavy (non-hydrogen) atoms. The minimum atomic E-state index is 0. The Hall–Kier alpha value is -0.950. The summed E-state index contributed by atoms with van der Waals surface area (Å²) in [6.07, 6.45) is 1.17. The second kappa shape index (κ2) is 6.47. The Morgan fingerprint density at radius 2 is 2.42 bits per heavy atom. The summed E-state index contributed by atoms with van der Waals surface area (Å²) < 4.78 is 5.29. The molecule has 5 nitrogen and oxygen atoms in total. The second-order valence-electron chi connectivity index (χ2n) is 4.65. The molecule has 3 heterocycles. The number of likely N-dealkylation sites (tertiary alicyclic amines) is 1. The number of rotatable bonds is 4. The summed E-state index contributed by atoms with van der Waals surface area (Å²) in [4.78, 5) is 6.74. The van der Waals surface area contributed by atoms with Crippen molar-refractivity contribution in [3.05, 3.63) is 22.7 Å². The van der Waals surface area contributed by atoms with Crippen LogP contribution in [0.2, 0.25) is 0 Å². The summed E-state index contributed by atoms with van der Waals surface area (Å²) in [5, 5.41) is 8.04. The third-order valence-electron chi connectivity index (χ3n) is 3.31. The molecule has 0 radical (unpaired) electrons. The summed E-state index contributed by atoms with van der Waals surface area (Å²) in [6, 6.07) is 2.00. The SMILES string of the molecule is Cl.NCC1CCN(Cc2nc(-c3ccsc3)no2)C1.